The molecule has 0 amide bonds. The number of hydrogen-bond donors (Lipinski definition) is 0. The van der Waals surface area contributed by atoms with Gasteiger partial charge in [-0.25, -0.2) is 0 Å². The summed E-state index contributed by atoms with van der Waals surface area (Å²) in [7, 11) is -2.54. The summed E-state index contributed by atoms with van der Waals surface area (Å²) in [4.78, 5) is 8.20. The van der Waals surface area contributed by atoms with Crippen molar-refractivity contribution in [2.75, 3.05) is 51.8 Å². The second-order valence-electron chi connectivity index (χ2n) is 8.65. The summed E-state index contributed by atoms with van der Waals surface area (Å²) < 4.78 is 18.4. The molecule has 34 heavy (non-hydrogen) atoms. The van der Waals surface area contributed by atoms with E-state index in [2.05, 4.69) is 23.7 Å². The van der Waals surface area contributed by atoms with Crippen molar-refractivity contribution in [1.29, 1.82) is 0 Å². The SMILES string of the molecule is CCCCCCCS/C(C=NCCC[Si]12OCCN(CCO1)CCO2)=C\C#Cc1ccccc1. The smallest absolute Gasteiger partial charge is 0.372 e. The molecule has 3 aliphatic heterocycles. The van der Waals surface area contributed by atoms with Crippen molar-refractivity contribution in [1.82, 2.24) is 4.90 Å². The molecule has 4 rings (SSSR count). The molecule has 3 saturated heterocycles. The Kier molecular flexibility index (Phi) is 13.0. The van der Waals surface area contributed by atoms with Crippen LogP contribution in [-0.2, 0) is 13.3 Å². The van der Waals surface area contributed by atoms with Gasteiger partial charge in [0.1, 0.15) is 0 Å². The molecule has 0 aromatic heterocycles. The van der Waals surface area contributed by atoms with Crippen molar-refractivity contribution >= 4 is 26.8 Å². The zero-order valence-electron chi connectivity index (χ0n) is 20.7. The number of nitrogens with zero attached hydrogens (tertiary/aromatic N) is 2. The summed E-state index contributed by atoms with van der Waals surface area (Å²) in [6.45, 7) is 8.06. The summed E-state index contributed by atoms with van der Waals surface area (Å²) in [5, 5.41) is 0. The van der Waals surface area contributed by atoms with Gasteiger partial charge in [0.25, 0.3) is 0 Å². The zero-order valence-corrected chi connectivity index (χ0v) is 22.5. The van der Waals surface area contributed by atoms with E-state index in [1.165, 1.54) is 32.1 Å². The first-order chi connectivity index (χ1) is 16.8. The van der Waals surface area contributed by atoms with Gasteiger partial charge in [-0.05, 0) is 30.7 Å². The number of fused-ring (bicyclic) bond motifs is 6. The van der Waals surface area contributed by atoms with Crippen LogP contribution in [0.5, 0.6) is 0 Å². The van der Waals surface area contributed by atoms with E-state index >= 15 is 0 Å². The fourth-order valence-electron chi connectivity index (χ4n) is 3.93. The highest BCUT2D eigenvalue weighted by atomic mass is 32.2. The lowest BCUT2D eigenvalue weighted by atomic mass is 10.2. The van der Waals surface area contributed by atoms with E-state index in [4.69, 9.17) is 18.3 Å². The van der Waals surface area contributed by atoms with Gasteiger partial charge in [0.05, 0.1) is 19.8 Å². The van der Waals surface area contributed by atoms with Gasteiger partial charge in [-0.1, -0.05) is 62.6 Å². The second kappa shape index (κ2) is 16.3. The van der Waals surface area contributed by atoms with Gasteiger partial charge in [-0.15, -0.1) is 11.8 Å². The number of unbranched alkanes of at least 4 members (excludes halogenated alkanes) is 4. The van der Waals surface area contributed by atoms with Crippen LogP contribution in [0.2, 0.25) is 6.04 Å². The van der Waals surface area contributed by atoms with E-state index < -0.39 is 8.80 Å². The monoisotopic (exact) mass is 500 g/mol. The number of allylic oxidation sites excluding steroid dienone is 2. The number of hydrogen-bond acceptors (Lipinski definition) is 6. The molecule has 7 heteroatoms. The van der Waals surface area contributed by atoms with Crippen LogP contribution in [0, 0.1) is 11.8 Å². The second-order valence-corrected chi connectivity index (χ2v) is 12.6. The van der Waals surface area contributed by atoms with Crippen LogP contribution in [0.15, 0.2) is 46.3 Å². The molecule has 186 valence electrons. The molecule has 3 heterocycles. The maximum Gasteiger partial charge on any atom is 0.501 e. The lowest BCUT2D eigenvalue weighted by Gasteiger charge is -2.38. The van der Waals surface area contributed by atoms with Crippen LogP contribution in [0.25, 0.3) is 0 Å². The van der Waals surface area contributed by atoms with E-state index in [1.54, 1.807) is 0 Å². The van der Waals surface area contributed by atoms with E-state index in [0.717, 1.165) is 54.9 Å². The topological polar surface area (TPSA) is 43.3 Å². The first-order valence-corrected chi connectivity index (χ1v) is 15.7. The van der Waals surface area contributed by atoms with Gasteiger partial charge in [0.15, 0.2) is 0 Å². The Labute approximate surface area is 211 Å². The lowest BCUT2D eigenvalue weighted by molar-refractivity contribution is -0.00841. The molecule has 0 N–H and O–H groups in total. The Morgan fingerprint density at radius 1 is 1.00 bits per heavy atom. The highest BCUT2D eigenvalue weighted by Gasteiger charge is 2.43. The highest BCUT2D eigenvalue weighted by molar-refractivity contribution is 8.03. The van der Waals surface area contributed by atoms with Crippen LogP contribution < -0.4 is 0 Å². The third-order valence-corrected chi connectivity index (χ3v) is 9.85. The minimum absolute atomic E-state index is 0.706. The van der Waals surface area contributed by atoms with Crippen LogP contribution in [0.4, 0.5) is 0 Å². The van der Waals surface area contributed by atoms with Crippen molar-refractivity contribution in [3.05, 3.63) is 46.9 Å². The Morgan fingerprint density at radius 2 is 1.71 bits per heavy atom. The standard InChI is InChI=1S/C27H40N2O3SSi/c1-2-3-4-5-9-23-33-27(15-10-14-26-12-7-6-8-13-26)25-28-16-11-24-34-30-20-17-29(18-21-31-34)19-22-32-34/h6-8,12-13,15,25H,2-5,9,11,16-24H2,1H3/b27-15-,28-25?. The van der Waals surface area contributed by atoms with Gasteiger partial charge in [-0.2, -0.15) is 0 Å². The molecule has 0 unspecified atom stereocenters. The van der Waals surface area contributed by atoms with Crippen molar-refractivity contribution in [3.8, 4) is 11.8 Å². The van der Waals surface area contributed by atoms with Crippen LogP contribution >= 0.6 is 11.8 Å². The maximum absolute atomic E-state index is 6.12. The van der Waals surface area contributed by atoms with E-state index in [9.17, 15) is 0 Å². The first-order valence-electron chi connectivity index (χ1n) is 12.8. The lowest BCUT2D eigenvalue weighted by Crippen LogP contribution is -2.55. The average Bonchev–Trinajstić information content (AvgIpc) is 2.81. The van der Waals surface area contributed by atoms with Crippen LogP contribution in [0.1, 0.15) is 51.0 Å². The van der Waals surface area contributed by atoms with Crippen molar-refractivity contribution in [2.45, 2.75) is 51.5 Å². The molecule has 0 atom stereocenters. The Bertz CT molecular complexity index is 796. The summed E-state index contributed by atoms with van der Waals surface area (Å²) in [5.41, 5.74) is 1.03. The Morgan fingerprint density at radius 3 is 2.41 bits per heavy atom. The molecule has 1 aromatic carbocycles. The minimum Gasteiger partial charge on any atom is -0.372 e. The quantitative estimate of drug-likeness (QED) is 0.166. The summed E-state index contributed by atoms with van der Waals surface area (Å²) >= 11 is 1.86. The van der Waals surface area contributed by atoms with Gasteiger partial charge in [0, 0.05) is 55.0 Å². The molecule has 0 aliphatic carbocycles. The minimum atomic E-state index is -2.54. The fourth-order valence-corrected chi connectivity index (χ4v) is 7.29. The molecular weight excluding hydrogens is 460 g/mol. The fraction of sp³-hybridized carbons (Fsp3) is 0.593. The number of aliphatic imine (C=N–C) groups is 1. The van der Waals surface area contributed by atoms with Gasteiger partial charge >= 0.3 is 8.80 Å². The van der Waals surface area contributed by atoms with E-state index in [1.807, 2.05) is 54.4 Å². The van der Waals surface area contributed by atoms with Crippen LogP contribution in [0.3, 0.4) is 0 Å². The third kappa shape index (κ3) is 10.5. The Hall–Kier alpha value is -1.40. The van der Waals surface area contributed by atoms with Gasteiger partial charge in [0.2, 0.25) is 0 Å². The van der Waals surface area contributed by atoms with Crippen LogP contribution in [-0.4, -0.2) is 71.7 Å². The largest absolute Gasteiger partial charge is 0.501 e. The van der Waals surface area contributed by atoms with Gasteiger partial charge in [-0.3, -0.25) is 9.89 Å². The zero-order chi connectivity index (χ0) is 23.7. The first kappa shape index (κ1) is 27.2. The predicted molar refractivity (Wildman–Crippen MR) is 145 cm³/mol. The van der Waals surface area contributed by atoms with Crippen molar-refractivity contribution in [2.24, 2.45) is 4.99 Å². The average molecular weight is 501 g/mol. The van der Waals surface area contributed by atoms with E-state index in [-0.39, 0.29) is 0 Å². The highest BCUT2D eigenvalue weighted by Crippen LogP contribution is 2.22. The molecular formula is C27H40N2O3SSi. The summed E-state index contributed by atoms with van der Waals surface area (Å²) in [5.74, 6) is 7.55. The number of thioether (sulfide) groups is 1. The molecule has 3 aliphatic rings. The molecule has 1 aromatic rings. The molecule has 2 bridgehead atoms. The summed E-state index contributed by atoms with van der Waals surface area (Å²) in [6.07, 6.45) is 11.4. The molecule has 0 spiro atoms. The normalized spacial score (nSPS) is 23.2. The number of rotatable bonds is 12. The number of benzene rings is 1. The molecule has 0 saturated carbocycles. The van der Waals surface area contributed by atoms with Crippen molar-refractivity contribution < 1.29 is 13.3 Å². The van der Waals surface area contributed by atoms with E-state index in [0.29, 0.717) is 19.8 Å². The maximum atomic E-state index is 6.12. The summed E-state index contributed by atoms with van der Waals surface area (Å²) in [6, 6.07) is 11.0. The molecule has 0 radical (unpaired) electrons. The molecule has 3 fully saturated rings. The van der Waals surface area contributed by atoms with Gasteiger partial charge < -0.3 is 13.3 Å². The Balaban J connectivity index is 1.49. The predicted octanol–water partition coefficient (Wildman–Crippen LogP) is 5.40. The third-order valence-electron chi connectivity index (χ3n) is 5.90. The molecule has 5 nitrogen and oxygen atoms in total. The van der Waals surface area contributed by atoms with Crippen molar-refractivity contribution in [3.63, 3.8) is 0 Å².